The van der Waals surface area contributed by atoms with Crippen LogP contribution in [0.2, 0.25) is 0 Å². The summed E-state index contributed by atoms with van der Waals surface area (Å²) in [4.78, 5) is 11.7. The van der Waals surface area contributed by atoms with Crippen molar-refractivity contribution in [1.82, 2.24) is 0 Å². The molecule has 0 fully saturated rings. The van der Waals surface area contributed by atoms with E-state index < -0.39 is 17.7 Å². The molecule has 0 radical (unpaired) electrons. The first-order valence-electron chi connectivity index (χ1n) is 5.34. The Kier molecular flexibility index (Phi) is 4.11. The van der Waals surface area contributed by atoms with Gasteiger partial charge < -0.3 is 10.6 Å². The zero-order valence-electron chi connectivity index (χ0n) is 9.58. The first kappa shape index (κ1) is 13.5. The van der Waals surface area contributed by atoms with Gasteiger partial charge in [0.1, 0.15) is 11.6 Å². The van der Waals surface area contributed by atoms with Crippen molar-refractivity contribution in [1.29, 1.82) is 0 Å². The van der Waals surface area contributed by atoms with E-state index in [-0.39, 0.29) is 11.4 Å². The largest absolute Gasteiger partial charge is 0.323 e. The second kappa shape index (κ2) is 5.79. The van der Waals surface area contributed by atoms with E-state index in [0.717, 1.165) is 6.07 Å². The van der Waals surface area contributed by atoms with E-state index in [1.165, 1.54) is 30.3 Å². The van der Waals surface area contributed by atoms with Crippen LogP contribution in [-0.2, 0) is 0 Å². The van der Waals surface area contributed by atoms with Crippen molar-refractivity contribution >= 4 is 33.3 Å². The Morgan fingerprint density at radius 3 is 2.42 bits per heavy atom. The predicted octanol–water partition coefficient (Wildman–Crippen LogP) is 4.37. The lowest BCUT2D eigenvalue weighted by atomic mass is 10.3. The third-order valence-electron chi connectivity index (χ3n) is 2.30. The number of hydrogen-bond acceptors (Lipinski definition) is 1. The van der Waals surface area contributed by atoms with Crippen LogP contribution in [0.4, 0.5) is 25.0 Å². The van der Waals surface area contributed by atoms with Crippen molar-refractivity contribution in [3.63, 3.8) is 0 Å². The monoisotopic (exact) mass is 326 g/mol. The molecule has 0 bridgehead atoms. The van der Waals surface area contributed by atoms with Gasteiger partial charge in [-0.05, 0) is 46.3 Å². The van der Waals surface area contributed by atoms with E-state index >= 15 is 0 Å². The molecule has 98 valence electrons. The average Bonchev–Trinajstić information content (AvgIpc) is 2.37. The van der Waals surface area contributed by atoms with Crippen molar-refractivity contribution in [2.75, 3.05) is 10.6 Å². The number of halogens is 3. The average molecular weight is 327 g/mol. The maximum atomic E-state index is 13.3. The second-order valence-corrected chi connectivity index (χ2v) is 4.54. The molecule has 0 unspecified atom stereocenters. The molecule has 3 nitrogen and oxygen atoms in total. The number of para-hydroxylation sites is 1. The molecular formula is C13H9BrF2N2O. The molecule has 6 heteroatoms. The fourth-order valence-corrected chi connectivity index (χ4v) is 1.78. The zero-order chi connectivity index (χ0) is 13.8. The third-order valence-corrected chi connectivity index (χ3v) is 2.99. The molecule has 0 aliphatic rings. The Balaban J connectivity index is 2.10. The van der Waals surface area contributed by atoms with Crippen molar-refractivity contribution < 1.29 is 13.6 Å². The predicted molar refractivity (Wildman–Crippen MR) is 73.1 cm³/mol. The Bertz CT molecular complexity index is 619. The Morgan fingerprint density at radius 1 is 1.00 bits per heavy atom. The number of hydrogen-bond donors (Lipinski definition) is 2. The van der Waals surface area contributed by atoms with Crippen molar-refractivity contribution in [3.05, 3.63) is 58.6 Å². The summed E-state index contributed by atoms with van der Waals surface area (Å²) in [5, 5.41) is 4.76. The smallest absolute Gasteiger partial charge is 0.307 e. The van der Waals surface area contributed by atoms with E-state index in [2.05, 4.69) is 26.6 Å². The normalized spacial score (nSPS) is 10.1. The van der Waals surface area contributed by atoms with Gasteiger partial charge in [-0.2, -0.15) is 0 Å². The quantitative estimate of drug-likeness (QED) is 0.845. The SMILES string of the molecule is O=C(Nc1ccccc1F)Nc1cc(F)ccc1Br. The highest BCUT2D eigenvalue weighted by Gasteiger charge is 2.08. The first-order chi connectivity index (χ1) is 9.06. The van der Waals surface area contributed by atoms with Crippen LogP contribution in [-0.4, -0.2) is 6.03 Å². The Labute approximate surface area is 116 Å². The number of rotatable bonds is 2. The number of amides is 2. The molecule has 0 aliphatic carbocycles. The lowest BCUT2D eigenvalue weighted by Crippen LogP contribution is -2.20. The van der Waals surface area contributed by atoms with Gasteiger partial charge in [0.15, 0.2) is 0 Å². The molecule has 2 amide bonds. The molecule has 0 spiro atoms. The van der Waals surface area contributed by atoms with Gasteiger partial charge in [-0.1, -0.05) is 12.1 Å². The Morgan fingerprint density at radius 2 is 1.68 bits per heavy atom. The highest BCUT2D eigenvalue weighted by Crippen LogP contribution is 2.23. The van der Waals surface area contributed by atoms with Gasteiger partial charge in [0.25, 0.3) is 0 Å². The number of carbonyl (C=O) groups excluding carboxylic acids is 1. The summed E-state index contributed by atoms with van der Waals surface area (Å²) in [6.45, 7) is 0. The summed E-state index contributed by atoms with van der Waals surface area (Å²) in [7, 11) is 0. The zero-order valence-corrected chi connectivity index (χ0v) is 11.2. The van der Waals surface area contributed by atoms with Crippen LogP contribution in [0.3, 0.4) is 0 Å². The van der Waals surface area contributed by atoms with Crippen LogP contribution < -0.4 is 10.6 Å². The number of benzene rings is 2. The van der Waals surface area contributed by atoms with E-state index in [1.54, 1.807) is 6.07 Å². The lowest BCUT2D eigenvalue weighted by molar-refractivity contribution is 0.262. The summed E-state index contributed by atoms with van der Waals surface area (Å²) in [6, 6.07) is 8.99. The fraction of sp³-hybridized carbons (Fsp3) is 0. The topological polar surface area (TPSA) is 41.1 Å². The molecule has 2 rings (SSSR count). The molecule has 0 atom stereocenters. The van der Waals surface area contributed by atoms with Crippen LogP contribution in [0.5, 0.6) is 0 Å². The summed E-state index contributed by atoms with van der Waals surface area (Å²) in [5.74, 6) is -1.03. The summed E-state index contributed by atoms with van der Waals surface area (Å²) in [6.07, 6.45) is 0. The van der Waals surface area contributed by atoms with E-state index in [1.807, 2.05) is 0 Å². The second-order valence-electron chi connectivity index (χ2n) is 3.68. The van der Waals surface area contributed by atoms with Crippen LogP contribution >= 0.6 is 15.9 Å². The van der Waals surface area contributed by atoms with Gasteiger partial charge in [-0.25, -0.2) is 13.6 Å². The van der Waals surface area contributed by atoms with Crippen LogP contribution in [0, 0.1) is 11.6 Å². The lowest BCUT2D eigenvalue weighted by Gasteiger charge is -2.09. The molecule has 2 aromatic carbocycles. The minimum Gasteiger partial charge on any atom is -0.307 e. The van der Waals surface area contributed by atoms with Gasteiger partial charge in [-0.15, -0.1) is 0 Å². The minimum atomic E-state index is -0.656. The van der Waals surface area contributed by atoms with Crippen LogP contribution in [0.1, 0.15) is 0 Å². The van der Waals surface area contributed by atoms with Gasteiger partial charge in [0.2, 0.25) is 0 Å². The maximum Gasteiger partial charge on any atom is 0.323 e. The summed E-state index contributed by atoms with van der Waals surface area (Å²) < 4.78 is 26.9. The summed E-state index contributed by atoms with van der Waals surface area (Å²) >= 11 is 3.18. The van der Waals surface area contributed by atoms with E-state index in [4.69, 9.17) is 0 Å². The fourth-order valence-electron chi connectivity index (χ4n) is 1.43. The molecular weight excluding hydrogens is 318 g/mol. The summed E-state index contributed by atoms with van der Waals surface area (Å²) in [5.41, 5.74) is 0.307. The number of anilines is 2. The number of carbonyl (C=O) groups is 1. The maximum absolute atomic E-state index is 13.3. The third kappa shape index (κ3) is 3.51. The number of nitrogens with one attached hydrogen (secondary N) is 2. The minimum absolute atomic E-state index is 0.0486. The molecule has 0 aromatic heterocycles. The highest BCUT2D eigenvalue weighted by molar-refractivity contribution is 9.10. The van der Waals surface area contributed by atoms with Gasteiger partial charge >= 0.3 is 6.03 Å². The van der Waals surface area contributed by atoms with Gasteiger partial charge in [0, 0.05) is 4.47 Å². The van der Waals surface area contributed by atoms with Crippen molar-refractivity contribution in [2.45, 2.75) is 0 Å². The van der Waals surface area contributed by atoms with E-state index in [0.29, 0.717) is 4.47 Å². The molecule has 19 heavy (non-hydrogen) atoms. The van der Waals surface area contributed by atoms with Gasteiger partial charge in [0.05, 0.1) is 11.4 Å². The molecule has 2 aromatic rings. The van der Waals surface area contributed by atoms with Crippen molar-refractivity contribution in [2.24, 2.45) is 0 Å². The molecule has 0 saturated carbocycles. The number of urea groups is 1. The molecule has 2 N–H and O–H groups in total. The Hall–Kier alpha value is -1.95. The van der Waals surface area contributed by atoms with Gasteiger partial charge in [-0.3, -0.25) is 0 Å². The van der Waals surface area contributed by atoms with Crippen LogP contribution in [0.15, 0.2) is 46.9 Å². The van der Waals surface area contributed by atoms with E-state index in [9.17, 15) is 13.6 Å². The first-order valence-corrected chi connectivity index (χ1v) is 6.13. The van der Waals surface area contributed by atoms with Crippen molar-refractivity contribution in [3.8, 4) is 0 Å². The van der Waals surface area contributed by atoms with Crippen LogP contribution in [0.25, 0.3) is 0 Å². The highest BCUT2D eigenvalue weighted by atomic mass is 79.9. The molecule has 0 heterocycles. The molecule has 0 saturated heterocycles. The molecule has 0 aliphatic heterocycles. The standard InChI is InChI=1S/C13H9BrF2N2O/c14-9-6-5-8(15)7-12(9)18-13(19)17-11-4-2-1-3-10(11)16/h1-7H,(H2,17,18,19).